The summed E-state index contributed by atoms with van der Waals surface area (Å²) < 4.78 is 16.9. The molecule has 1 unspecified atom stereocenters. The molecule has 0 aromatic carbocycles. The van der Waals surface area contributed by atoms with Crippen molar-refractivity contribution < 1.29 is 28.6 Å². The van der Waals surface area contributed by atoms with E-state index in [4.69, 9.17) is 14.2 Å². The molecule has 71 heavy (non-hydrogen) atoms. The van der Waals surface area contributed by atoms with Crippen molar-refractivity contribution in [2.75, 3.05) is 13.2 Å². The molecule has 0 aliphatic carbocycles. The van der Waals surface area contributed by atoms with Gasteiger partial charge in [0.25, 0.3) is 0 Å². The number of esters is 3. The van der Waals surface area contributed by atoms with Crippen molar-refractivity contribution in [2.45, 2.75) is 361 Å². The molecular formula is C65H122O6. The molecule has 0 N–H and O–H groups in total. The van der Waals surface area contributed by atoms with E-state index < -0.39 is 6.10 Å². The summed E-state index contributed by atoms with van der Waals surface area (Å²) in [6.07, 6.45) is 71.9. The lowest BCUT2D eigenvalue weighted by molar-refractivity contribution is -0.167. The predicted octanol–water partition coefficient (Wildman–Crippen LogP) is 21.4. The average Bonchev–Trinajstić information content (AvgIpc) is 3.37. The third kappa shape index (κ3) is 58.7. The fourth-order valence-corrected chi connectivity index (χ4v) is 9.66. The van der Waals surface area contributed by atoms with Gasteiger partial charge in [-0.15, -0.1) is 0 Å². The molecule has 0 radical (unpaired) electrons. The maximum absolute atomic E-state index is 12.9. The monoisotopic (exact) mass is 999 g/mol. The number of hydrogen-bond acceptors (Lipinski definition) is 6. The van der Waals surface area contributed by atoms with Gasteiger partial charge in [-0.3, -0.25) is 14.4 Å². The standard InChI is InChI=1S/C65H122O6/c1-4-7-10-13-16-19-22-25-27-29-31-32-33-34-36-37-40-43-46-49-52-55-58-64(67)70-61-62(60-69-63(66)57-54-51-48-45-42-39-24-21-18-15-12-9-6-3)71-65(68)59-56-53-50-47-44-41-38-35-30-28-26-23-20-17-14-11-8-5-2/h12,15,21,24,62H,4-11,13-14,16-20,22-23,25-61H2,1-3H3/b15-12-,24-21-. The normalized spacial score (nSPS) is 12.1. The second-order valence-electron chi connectivity index (χ2n) is 21.7. The molecule has 0 spiro atoms. The molecule has 0 fully saturated rings. The number of carbonyl (C=O) groups excluding carboxylic acids is 3. The lowest BCUT2D eigenvalue weighted by Gasteiger charge is -2.18. The molecule has 0 bridgehead atoms. The van der Waals surface area contributed by atoms with Gasteiger partial charge in [0.05, 0.1) is 0 Å². The number of ether oxygens (including phenoxy) is 3. The van der Waals surface area contributed by atoms with Gasteiger partial charge in [0.15, 0.2) is 6.10 Å². The van der Waals surface area contributed by atoms with Crippen molar-refractivity contribution in [3.05, 3.63) is 24.3 Å². The zero-order valence-electron chi connectivity index (χ0n) is 48.0. The minimum Gasteiger partial charge on any atom is -0.462 e. The summed E-state index contributed by atoms with van der Waals surface area (Å²) in [6.45, 7) is 6.64. The first-order valence-corrected chi connectivity index (χ1v) is 31.8. The minimum absolute atomic E-state index is 0.0697. The van der Waals surface area contributed by atoms with Crippen LogP contribution < -0.4 is 0 Å². The van der Waals surface area contributed by atoms with E-state index in [-0.39, 0.29) is 31.1 Å². The van der Waals surface area contributed by atoms with Gasteiger partial charge in [0, 0.05) is 19.3 Å². The van der Waals surface area contributed by atoms with Crippen LogP contribution in [0, 0.1) is 0 Å². The van der Waals surface area contributed by atoms with Gasteiger partial charge in [-0.2, -0.15) is 0 Å². The summed E-state index contributed by atoms with van der Waals surface area (Å²) >= 11 is 0. The average molecular weight is 1000 g/mol. The zero-order chi connectivity index (χ0) is 51.4. The Hall–Kier alpha value is -2.11. The van der Waals surface area contributed by atoms with E-state index >= 15 is 0 Å². The van der Waals surface area contributed by atoms with Gasteiger partial charge in [0.2, 0.25) is 0 Å². The first-order chi connectivity index (χ1) is 35.0. The van der Waals surface area contributed by atoms with Crippen LogP contribution in [0.4, 0.5) is 0 Å². The van der Waals surface area contributed by atoms with Crippen LogP contribution in [0.2, 0.25) is 0 Å². The number of unbranched alkanes of at least 4 members (excludes halogenated alkanes) is 44. The fourth-order valence-electron chi connectivity index (χ4n) is 9.66. The maximum atomic E-state index is 12.9. The molecular weight excluding hydrogens is 877 g/mol. The molecule has 1 atom stereocenters. The highest BCUT2D eigenvalue weighted by Gasteiger charge is 2.19. The summed E-state index contributed by atoms with van der Waals surface area (Å²) in [6, 6.07) is 0. The van der Waals surface area contributed by atoms with Gasteiger partial charge in [0.1, 0.15) is 13.2 Å². The summed E-state index contributed by atoms with van der Waals surface area (Å²) in [5, 5.41) is 0. The summed E-state index contributed by atoms with van der Waals surface area (Å²) in [4.78, 5) is 38.3. The van der Waals surface area contributed by atoms with Gasteiger partial charge in [-0.05, 0) is 44.9 Å². The Morgan fingerprint density at radius 1 is 0.282 bits per heavy atom. The smallest absolute Gasteiger partial charge is 0.306 e. The Labute approximate surface area is 443 Å². The van der Waals surface area contributed by atoms with E-state index in [0.29, 0.717) is 19.3 Å². The molecule has 0 rings (SSSR count). The molecule has 0 saturated carbocycles. The highest BCUT2D eigenvalue weighted by atomic mass is 16.6. The lowest BCUT2D eigenvalue weighted by Crippen LogP contribution is -2.30. The van der Waals surface area contributed by atoms with Crippen molar-refractivity contribution >= 4 is 17.9 Å². The topological polar surface area (TPSA) is 78.9 Å². The Bertz CT molecular complexity index is 1150. The molecule has 0 aliphatic heterocycles. The maximum Gasteiger partial charge on any atom is 0.306 e. The first kappa shape index (κ1) is 68.9. The van der Waals surface area contributed by atoms with Crippen LogP contribution in [0.3, 0.4) is 0 Å². The van der Waals surface area contributed by atoms with Gasteiger partial charge < -0.3 is 14.2 Å². The van der Waals surface area contributed by atoms with Crippen LogP contribution in [0.1, 0.15) is 355 Å². The van der Waals surface area contributed by atoms with Crippen molar-refractivity contribution in [1.82, 2.24) is 0 Å². The molecule has 0 amide bonds. The Kier molecular flexibility index (Phi) is 58.6. The van der Waals surface area contributed by atoms with Crippen LogP contribution in [-0.4, -0.2) is 37.2 Å². The second-order valence-corrected chi connectivity index (χ2v) is 21.7. The van der Waals surface area contributed by atoms with Gasteiger partial charge >= 0.3 is 17.9 Å². The van der Waals surface area contributed by atoms with Crippen LogP contribution >= 0.6 is 0 Å². The highest BCUT2D eigenvalue weighted by molar-refractivity contribution is 5.71. The van der Waals surface area contributed by atoms with E-state index in [2.05, 4.69) is 45.1 Å². The Morgan fingerprint density at radius 2 is 0.535 bits per heavy atom. The minimum atomic E-state index is -0.773. The van der Waals surface area contributed by atoms with Gasteiger partial charge in [-0.25, -0.2) is 0 Å². The third-order valence-corrected chi connectivity index (χ3v) is 14.4. The second kappa shape index (κ2) is 60.4. The van der Waals surface area contributed by atoms with Crippen molar-refractivity contribution in [3.63, 3.8) is 0 Å². The summed E-state index contributed by atoms with van der Waals surface area (Å²) in [5.41, 5.74) is 0. The van der Waals surface area contributed by atoms with E-state index in [1.165, 1.54) is 231 Å². The number of hydrogen-bond donors (Lipinski definition) is 0. The van der Waals surface area contributed by atoms with E-state index in [9.17, 15) is 14.4 Å². The SMILES string of the molecule is CCC/C=C\C/C=C\CCCCCCCC(=O)OCC(COC(=O)CCCCCCCCCCCCCCCCCCCCCCCC)OC(=O)CCCCCCCCCCCCCCCCCCCC. The van der Waals surface area contributed by atoms with Crippen molar-refractivity contribution in [1.29, 1.82) is 0 Å². The predicted molar refractivity (Wildman–Crippen MR) is 307 cm³/mol. The molecule has 0 saturated heterocycles. The van der Waals surface area contributed by atoms with Gasteiger partial charge in [-0.1, -0.05) is 315 Å². The van der Waals surface area contributed by atoms with Crippen LogP contribution in [0.25, 0.3) is 0 Å². The number of carbonyl (C=O) groups is 3. The molecule has 418 valence electrons. The van der Waals surface area contributed by atoms with E-state index in [1.807, 2.05) is 0 Å². The van der Waals surface area contributed by atoms with Crippen molar-refractivity contribution in [2.24, 2.45) is 0 Å². The van der Waals surface area contributed by atoms with E-state index in [1.54, 1.807) is 0 Å². The molecule has 0 aromatic heterocycles. The highest BCUT2D eigenvalue weighted by Crippen LogP contribution is 2.18. The zero-order valence-corrected chi connectivity index (χ0v) is 48.0. The molecule has 0 heterocycles. The third-order valence-electron chi connectivity index (χ3n) is 14.4. The van der Waals surface area contributed by atoms with Crippen LogP contribution in [-0.2, 0) is 28.6 Å². The number of rotatable bonds is 59. The fraction of sp³-hybridized carbons (Fsp3) is 0.892. The Morgan fingerprint density at radius 3 is 0.831 bits per heavy atom. The summed E-state index contributed by atoms with van der Waals surface area (Å²) in [7, 11) is 0. The quantitative estimate of drug-likeness (QED) is 0.0261. The Balaban J connectivity index is 4.25. The largest absolute Gasteiger partial charge is 0.462 e. The number of allylic oxidation sites excluding steroid dienone is 4. The molecule has 6 nitrogen and oxygen atoms in total. The van der Waals surface area contributed by atoms with Crippen LogP contribution in [0.15, 0.2) is 24.3 Å². The van der Waals surface area contributed by atoms with Crippen molar-refractivity contribution in [3.8, 4) is 0 Å². The van der Waals surface area contributed by atoms with Crippen LogP contribution in [0.5, 0.6) is 0 Å². The first-order valence-electron chi connectivity index (χ1n) is 31.8. The van der Waals surface area contributed by atoms with E-state index in [0.717, 1.165) is 83.5 Å². The molecule has 6 heteroatoms. The molecule has 0 aromatic rings. The summed E-state index contributed by atoms with van der Waals surface area (Å²) in [5.74, 6) is -0.857. The molecule has 0 aliphatic rings. The lowest BCUT2D eigenvalue weighted by atomic mass is 10.0.